The van der Waals surface area contributed by atoms with Crippen LogP contribution in [0.5, 0.6) is 0 Å². The minimum Gasteiger partial charge on any atom is -0.374 e. The monoisotopic (exact) mass is 308 g/mol. The van der Waals surface area contributed by atoms with Gasteiger partial charge in [-0.15, -0.1) is 0 Å². The summed E-state index contributed by atoms with van der Waals surface area (Å²) >= 11 is 0. The molecule has 2 N–H and O–H groups in total. The van der Waals surface area contributed by atoms with E-state index in [2.05, 4.69) is 27.6 Å². The van der Waals surface area contributed by atoms with Gasteiger partial charge in [-0.25, -0.2) is 4.39 Å². The number of nitrogens with zero attached hydrogens (tertiary/aromatic N) is 2. The second-order valence-electron chi connectivity index (χ2n) is 5.65. The molecule has 6 heteroatoms. The fraction of sp³-hybridized carbons (Fsp3) is 0.562. The van der Waals surface area contributed by atoms with Gasteiger partial charge in [0.2, 0.25) is 0 Å². The molecule has 0 spiro atoms. The average Bonchev–Trinajstić information content (AvgIpc) is 2.51. The van der Waals surface area contributed by atoms with Crippen molar-refractivity contribution >= 4 is 5.96 Å². The largest absolute Gasteiger partial charge is 0.374 e. The van der Waals surface area contributed by atoms with Crippen molar-refractivity contribution in [2.45, 2.75) is 19.6 Å². The molecule has 1 atom stereocenters. The molecule has 0 amide bonds. The van der Waals surface area contributed by atoms with Gasteiger partial charge < -0.3 is 20.3 Å². The number of hydrogen-bond acceptors (Lipinski definition) is 3. The molecular weight excluding hydrogens is 283 g/mol. The zero-order valence-electron chi connectivity index (χ0n) is 13.5. The number of benzene rings is 1. The smallest absolute Gasteiger partial charge is 0.191 e. The van der Waals surface area contributed by atoms with E-state index in [0.717, 1.165) is 31.2 Å². The van der Waals surface area contributed by atoms with Crippen molar-refractivity contribution in [2.75, 3.05) is 40.3 Å². The van der Waals surface area contributed by atoms with Crippen molar-refractivity contribution in [1.29, 1.82) is 0 Å². The van der Waals surface area contributed by atoms with E-state index in [1.165, 1.54) is 6.07 Å². The summed E-state index contributed by atoms with van der Waals surface area (Å²) in [5, 5.41) is 6.50. The number of rotatable bonds is 4. The normalized spacial score (nSPS) is 20.0. The van der Waals surface area contributed by atoms with E-state index >= 15 is 0 Å². The third kappa shape index (κ3) is 4.96. The fourth-order valence-electron chi connectivity index (χ4n) is 2.42. The van der Waals surface area contributed by atoms with E-state index in [1.54, 1.807) is 20.0 Å². The van der Waals surface area contributed by atoms with Gasteiger partial charge in [0.05, 0.1) is 12.7 Å². The second kappa shape index (κ2) is 8.10. The minimum absolute atomic E-state index is 0.172. The Morgan fingerprint density at radius 3 is 2.95 bits per heavy atom. The molecule has 1 heterocycles. The number of nitrogens with one attached hydrogen (secondary N) is 2. The van der Waals surface area contributed by atoms with E-state index in [-0.39, 0.29) is 11.9 Å². The highest BCUT2D eigenvalue weighted by atomic mass is 19.1. The van der Waals surface area contributed by atoms with Gasteiger partial charge in [0.1, 0.15) is 5.82 Å². The van der Waals surface area contributed by atoms with Crippen LogP contribution in [-0.2, 0) is 11.3 Å². The molecule has 1 aromatic carbocycles. The number of likely N-dealkylation sites (N-methyl/N-ethyl adjacent to an activating group) is 1. The molecule has 1 aromatic rings. The van der Waals surface area contributed by atoms with Crippen molar-refractivity contribution < 1.29 is 9.13 Å². The number of morpholine rings is 1. The Kier molecular flexibility index (Phi) is 6.15. The summed E-state index contributed by atoms with van der Waals surface area (Å²) in [7, 11) is 3.83. The molecule has 0 radical (unpaired) electrons. The second-order valence-corrected chi connectivity index (χ2v) is 5.65. The van der Waals surface area contributed by atoms with Crippen LogP contribution in [0.2, 0.25) is 0 Å². The van der Waals surface area contributed by atoms with Gasteiger partial charge in [-0.05, 0) is 31.2 Å². The van der Waals surface area contributed by atoms with E-state index in [0.29, 0.717) is 18.7 Å². The maximum atomic E-state index is 13.2. The lowest BCUT2D eigenvalue weighted by molar-refractivity contribution is -0.0161. The van der Waals surface area contributed by atoms with Crippen molar-refractivity contribution in [2.24, 2.45) is 4.99 Å². The van der Waals surface area contributed by atoms with Crippen LogP contribution in [0.4, 0.5) is 4.39 Å². The van der Waals surface area contributed by atoms with Crippen molar-refractivity contribution in [3.05, 3.63) is 35.1 Å². The average molecular weight is 308 g/mol. The molecule has 0 bridgehead atoms. The molecule has 0 aromatic heterocycles. The van der Waals surface area contributed by atoms with Crippen molar-refractivity contribution in [1.82, 2.24) is 15.5 Å². The van der Waals surface area contributed by atoms with Gasteiger partial charge in [0.15, 0.2) is 5.96 Å². The van der Waals surface area contributed by atoms with Crippen LogP contribution in [0, 0.1) is 12.7 Å². The van der Waals surface area contributed by atoms with Crippen LogP contribution in [-0.4, -0.2) is 57.3 Å². The summed E-state index contributed by atoms with van der Waals surface area (Å²) in [5.74, 6) is 0.545. The lowest BCUT2D eigenvalue weighted by Gasteiger charge is -2.30. The zero-order valence-corrected chi connectivity index (χ0v) is 13.5. The number of aliphatic imine (C=N–C) groups is 1. The molecule has 1 saturated heterocycles. The first-order valence-corrected chi connectivity index (χ1v) is 7.58. The quantitative estimate of drug-likeness (QED) is 0.647. The van der Waals surface area contributed by atoms with Crippen LogP contribution >= 0.6 is 0 Å². The molecule has 22 heavy (non-hydrogen) atoms. The van der Waals surface area contributed by atoms with E-state index in [9.17, 15) is 4.39 Å². The summed E-state index contributed by atoms with van der Waals surface area (Å²) in [6.07, 6.45) is 0.172. The third-order valence-corrected chi connectivity index (χ3v) is 3.74. The summed E-state index contributed by atoms with van der Waals surface area (Å²) in [6, 6.07) is 5.12. The van der Waals surface area contributed by atoms with Crippen molar-refractivity contribution in [3.8, 4) is 0 Å². The SMILES string of the molecule is CN=C(NCc1ccc(F)c(C)c1)NCC1CN(C)CCO1. The van der Waals surface area contributed by atoms with Gasteiger partial charge >= 0.3 is 0 Å². The lowest BCUT2D eigenvalue weighted by Crippen LogP contribution is -2.48. The van der Waals surface area contributed by atoms with Crippen LogP contribution in [0.25, 0.3) is 0 Å². The van der Waals surface area contributed by atoms with E-state index in [1.807, 2.05) is 6.07 Å². The first-order valence-electron chi connectivity index (χ1n) is 7.58. The number of aryl methyl sites for hydroxylation is 1. The molecule has 1 unspecified atom stereocenters. The molecule has 122 valence electrons. The molecule has 5 nitrogen and oxygen atoms in total. The van der Waals surface area contributed by atoms with Crippen molar-refractivity contribution in [3.63, 3.8) is 0 Å². The number of guanidine groups is 1. The summed E-state index contributed by atoms with van der Waals surface area (Å²) in [4.78, 5) is 6.45. The highest BCUT2D eigenvalue weighted by Crippen LogP contribution is 2.08. The molecule has 1 aliphatic rings. The summed E-state index contributed by atoms with van der Waals surface area (Å²) in [6.45, 7) is 5.75. The van der Waals surface area contributed by atoms with E-state index in [4.69, 9.17) is 4.74 Å². The molecular formula is C16H25FN4O. The molecule has 0 aliphatic carbocycles. The Labute approximate surface area is 131 Å². The first-order chi connectivity index (χ1) is 10.6. The summed E-state index contributed by atoms with van der Waals surface area (Å²) in [5.41, 5.74) is 1.68. The van der Waals surface area contributed by atoms with Crippen LogP contribution in [0.15, 0.2) is 23.2 Å². The van der Waals surface area contributed by atoms with Gasteiger partial charge in [0.25, 0.3) is 0 Å². The molecule has 1 fully saturated rings. The Balaban J connectivity index is 1.78. The summed E-state index contributed by atoms with van der Waals surface area (Å²) < 4.78 is 19.0. The predicted molar refractivity (Wildman–Crippen MR) is 86.6 cm³/mol. The van der Waals surface area contributed by atoms with Gasteiger partial charge in [0, 0.05) is 33.2 Å². The number of halogens is 1. The Bertz CT molecular complexity index is 521. The molecule has 1 aliphatic heterocycles. The van der Waals surface area contributed by atoms with Gasteiger partial charge in [-0.1, -0.05) is 12.1 Å². The Hall–Kier alpha value is -1.66. The maximum absolute atomic E-state index is 13.2. The Morgan fingerprint density at radius 2 is 2.27 bits per heavy atom. The van der Waals surface area contributed by atoms with Gasteiger partial charge in [-0.3, -0.25) is 4.99 Å². The van der Waals surface area contributed by atoms with Gasteiger partial charge in [-0.2, -0.15) is 0 Å². The third-order valence-electron chi connectivity index (χ3n) is 3.74. The first kappa shape index (κ1) is 16.7. The fourth-order valence-corrected chi connectivity index (χ4v) is 2.42. The lowest BCUT2D eigenvalue weighted by atomic mass is 10.1. The highest BCUT2D eigenvalue weighted by molar-refractivity contribution is 5.79. The standard InChI is InChI=1S/C16H25FN4O/c1-12-8-13(4-5-15(12)17)9-19-16(18-2)20-10-14-11-21(3)6-7-22-14/h4-5,8,14H,6-7,9-11H2,1-3H3,(H2,18,19,20). The van der Waals surface area contributed by atoms with Crippen LogP contribution < -0.4 is 10.6 Å². The topological polar surface area (TPSA) is 48.9 Å². The predicted octanol–water partition coefficient (Wildman–Crippen LogP) is 1.13. The number of ether oxygens (including phenoxy) is 1. The maximum Gasteiger partial charge on any atom is 0.191 e. The molecule has 0 saturated carbocycles. The number of hydrogen-bond donors (Lipinski definition) is 2. The van der Waals surface area contributed by atoms with Crippen LogP contribution in [0.3, 0.4) is 0 Å². The molecule has 2 rings (SSSR count). The highest BCUT2D eigenvalue weighted by Gasteiger charge is 2.17. The zero-order chi connectivity index (χ0) is 15.9. The Morgan fingerprint density at radius 1 is 1.45 bits per heavy atom. The van der Waals surface area contributed by atoms with E-state index < -0.39 is 0 Å². The minimum atomic E-state index is -0.176. The van der Waals surface area contributed by atoms with Crippen LogP contribution in [0.1, 0.15) is 11.1 Å².